The monoisotopic (exact) mass is 484 g/mol. The quantitative estimate of drug-likeness (QED) is 0.378. The Morgan fingerprint density at radius 2 is 1.89 bits per heavy atom. The second-order valence-electron chi connectivity index (χ2n) is 12.8. The molecule has 2 saturated heterocycles. The number of fused-ring (bicyclic) bond motifs is 3. The zero-order chi connectivity index (χ0) is 25.2. The Morgan fingerprint density at radius 3 is 2.54 bits per heavy atom. The molecule has 7 unspecified atom stereocenters. The summed E-state index contributed by atoms with van der Waals surface area (Å²) in [4.78, 5) is 25.7. The molecule has 7 nitrogen and oxygen atoms in total. The molecule has 3 heterocycles. The van der Waals surface area contributed by atoms with Gasteiger partial charge in [-0.2, -0.15) is 0 Å². The summed E-state index contributed by atoms with van der Waals surface area (Å²) in [7, 11) is 0. The maximum absolute atomic E-state index is 13.3. The van der Waals surface area contributed by atoms with Gasteiger partial charge < -0.3 is 23.7 Å². The molecule has 3 aliphatic carbocycles. The molecule has 1 aromatic rings. The van der Waals surface area contributed by atoms with Crippen LogP contribution in [0, 0.1) is 33.5 Å². The number of ether oxygens (including phenoxy) is 3. The summed E-state index contributed by atoms with van der Waals surface area (Å²) in [6, 6.07) is 1.85. The van der Waals surface area contributed by atoms with E-state index in [0.29, 0.717) is 6.42 Å². The number of hydrogen-bond acceptors (Lipinski definition) is 7. The first-order chi connectivity index (χ1) is 16.3. The van der Waals surface area contributed by atoms with Crippen LogP contribution in [0.15, 0.2) is 35.2 Å². The Labute approximate surface area is 206 Å². The molecule has 0 amide bonds. The molecule has 2 aliphatic heterocycles. The lowest BCUT2D eigenvalue weighted by Gasteiger charge is -2.69. The van der Waals surface area contributed by atoms with Crippen LogP contribution in [-0.4, -0.2) is 41.0 Å². The van der Waals surface area contributed by atoms with Crippen molar-refractivity contribution in [1.82, 2.24) is 0 Å². The highest BCUT2D eigenvalue weighted by atomic mass is 16.7. The lowest BCUT2D eigenvalue weighted by Crippen LogP contribution is -2.72. The third kappa shape index (κ3) is 2.54. The van der Waals surface area contributed by atoms with Gasteiger partial charge in [-0.3, -0.25) is 4.79 Å². The summed E-state index contributed by atoms with van der Waals surface area (Å²) in [5, 5.41) is 10.9. The first-order valence-electron chi connectivity index (χ1n) is 12.8. The average Bonchev–Trinajstić information content (AvgIpc) is 3.35. The molecule has 190 valence electrons. The van der Waals surface area contributed by atoms with Gasteiger partial charge in [-0.15, -0.1) is 0 Å². The molecule has 1 N–H and O–H groups in total. The predicted molar refractivity (Wildman–Crippen MR) is 125 cm³/mol. The first-order valence-corrected chi connectivity index (χ1v) is 12.8. The maximum atomic E-state index is 13.3. The van der Waals surface area contributed by atoms with Gasteiger partial charge in [-0.1, -0.05) is 46.8 Å². The molecule has 6 rings (SSSR count). The Bertz CT molecular complexity index is 1110. The standard InChI is InChI=1S/C28H36O7/c1-15(29)33-20-13-18-24(2,3)19(30)8-10-25(18,4)17-7-11-26(5)21(16-9-12-32-14-16)34-23(31)22-28(26,35-22)27(17,20)6/h8-10,12,14,17-22,30H,7,11,13H2,1-6H3/t17?,18?,19?,20?,21?,22?,25-,26-,27-,28?/m0/s1. The van der Waals surface area contributed by atoms with Gasteiger partial charge in [0.2, 0.25) is 0 Å². The van der Waals surface area contributed by atoms with Crippen LogP contribution in [0.25, 0.3) is 0 Å². The first kappa shape index (κ1) is 23.3. The van der Waals surface area contributed by atoms with Crippen molar-refractivity contribution in [2.75, 3.05) is 0 Å². The van der Waals surface area contributed by atoms with Crippen LogP contribution in [0.2, 0.25) is 0 Å². The Kier molecular flexibility index (Phi) is 4.52. The van der Waals surface area contributed by atoms with E-state index in [1.165, 1.54) is 6.92 Å². The molecule has 1 aromatic heterocycles. The lowest BCUT2D eigenvalue weighted by molar-refractivity contribution is -0.257. The van der Waals surface area contributed by atoms with Crippen molar-refractivity contribution in [1.29, 1.82) is 0 Å². The number of epoxide rings is 1. The number of aliphatic hydroxyl groups excluding tert-OH is 1. The van der Waals surface area contributed by atoms with E-state index in [4.69, 9.17) is 18.6 Å². The molecule has 0 bridgehead atoms. The summed E-state index contributed by atoms with van der Waals surface area (Å²) in [6.45, 7) is 12.3. The number of aliphatic hydroxyl groups is 1. The van der Waals surface area contributed by atoms with Crippen molar-refractivity contribution in [2.45, 2.75) is 90.8 Å². The van der Waals surface area contributed by atoms with E-state index in [9.17, 15) is 14.7 Å². The van der Waals surface area contributed by atoms with Crippen LogP contribution in [0.3, 0.4) is 0 Å². The average molecular weight is 485 g/mol. The minimum absolute atomic E-state index is 0.0788. The second-order valence-corrected chi connectivity index (χ2v) is 12.8. The topological polar surface area (TPSA) is 98.5 Å². The van der Waals surface area contributed by atoms with E-state index >= 15 is 0 Å². The SMILES string of the molecule is CC(=O)OC1CC2C(C)(C)C(O)C=C[C@@]2(C)C2CC[C@@]3(C)C(c4ccoc4)OC(=O)C4OC43[C@]12C. The fraction of sp³-hybridized carbons (Fsp3) is 0.714. The third-order valence-corrected chi connectivity index (χ3v) is 11.0. The molecule has 2 saturated carbocycles. The fourth-order valence-corrected chi connectivity index (χ4v) is 9.34. The number of hydrogen-bond donors (Lipinski definition) is 1. The second kappa shape index (κ2) is 6.80. The summed E-state index contributed by atoms with van der Waals surface area (Å²) < 4.78 is 24.0. The van der Waals surface area contributed by atoms with Gasteiger partial charge in [-0.25, -0.2) is 4.79 Å². The van der Waals surface area contributed by atoms with Crippen molar-refractivity contribution in [3.63, 3.8) is 0 Å². The molecule has 10 atom stereocenters. The molecular weight excluding hydrogens is 448 g/mol. The summed E-state index contributed by atoms with van der Waals surface area (Å²) in [5.41, 5.74) is -1.81. The number of allylic oxidation sites excluding steroid dienone is 1. The van der Waals surface area contributed by atoms with Crippen molar-refractivity contribution in [2.24, 2.45) is 33.5 Å². The molecule has 0 radical (unpaired) electrons. The van der Waals surface area contributed by atoms with Crippen molar-refractivity contribution in [3.05, 3.63) is 36.3 Å². The lowest BCUT2D eigenvalue weighted by atomic mass is 9.35. The van der Waals surface area contributed by atoms with E-state index in [0.717, 1.165) is 18.4 Å². The molecule has 7 heteroatoms. The minimum atomic E-state index is -0.831. The van der Waals surface area contributed by atoms with Crippen LogP contribution in [0.5, 0.6) is 0 Å². The van der Waals surface area contributed by atoms with Crippen LogP contribution < -0.4 is 0 Å². The predicted octanol–water partition coefficient (Wildman–Crippen LogP) is 4.35. The zero-order valence-corrected chi connectivity index (χ0v) is 21.4. The largest absolute Gasteiger partial charge is 0.472 e. The minimum Gasteiger partial charge on any atom is -0.472 e. The summed E-state index contributed by atoms with van der Waals surface area (Å²) in [5.74, 6) is -0.529. The van der Waals surface area contributed by atoms with E-state index in [2.05, 4.69) is 40.7 Å². The van der Waals surface area contributed by atoms with Gasteiger partial charge in [0.25, 0.3) is 0 Å². The number of rotatable bonds is 2. The Hall–Kier alpha value is -2.12. The van der Waals surface area contributed by atoms with Crippen molar-refractivity contribution < 1.29 is 33.3 Å². The third-order valence-electron chi connectivity index (χ3n) is 11.0. The van der Waals surface area contributed by atoms with Crippen LogP contribution in [-0.2, 0) is 23.8 Å². The number of esters is 2. The van der Waals surface area contributed by atoms with Gasteiger partial charge in [-0.05, 0) is 48.0 Å². The molecule has 4 fully saturated rings. The number of cyclic esters (lactones) is 1. The highest BCUT2D eigenvalue weighted by molar-refractivity contribution is 5.82. The molecule has 35 heavy (non-hydrogen) atoms. The zero-order valence-electron chi connectivity index (χ0n) is 21.4. The Morgan fingerprint density at radius 1 is 1.14 bits per heavy atom. The van der Waals surface area contributed by atoms with E-state index in [-0.39, 0.29) is 29.2 Å². The fourth-order valence-electron chi connectivity index (χ4n) is 9.34. The van der Waals surface area contributed by atoms with Crippen LogP contribution >= 0.6 is 0 Å². The van der Waals surface area contributed by atoms with Gasteiger partial charge in [0.1, 0.15) is 17.8 Å². The molecule has 5 aliphatic rings. The van der Waals surface area contributed by atoms with Gasteiger partial charge in [0, 0.05) is 23.3 Å². The molecule has 0 aromatic carbocycles. The summed E-state index contributed by atoms with van der Waals surface area (Å²) in [6.07, 6.45) is 7.38. The van der Waals surface area contributed by atoms with Crippen molar-refractivity contribution >= 4 is 11.9 Å². The van der Waals surface area contributed by atoms with E-state index in [1.807, 2.05) is 12.1 Å². The van der Waals surface area contributed by atoms with Gasteiger partial charge >= 0.3 is 11.9 Å². The Balaban J connectivity index is 1.55. The number of carbonyl (C=O) groups excluding carboxylic acids is 2. The normalized spacial score (nSPS) is 51.2. The summed E-state index contributed by atoms with van der Waals surface area (Å²) >= 11 is 0. The van der Waals surface area contributed by atoms with Gasteiger partial charge in [0.15, 0.2) is 6.10 Å². The number of furan rings is 1. The highest BCUT2D eigenvalue weighted by Crippen LogP contribution is 2.79. The molecular formula is C28H36O7. The van der Waals surface area contributed by atoms with Crippen molar-refractivity contribution in [3.8, 4) is 0 Å². The highest BCUT2D eigenvalue weighted by Gasteiger charge is 2.88. The van der Waals surface area contributed by atoms with E-state index in [1.54, 1.807) is 12.5 Å². The van der Waals surface area contributed by atoms with E-state index < -0.39 is 46.3 Å². The van der Waals surface area contributed by atoms with Crippen LogP contribution in [0.1, 0.15) is 72.5 Å². The van der Waals surface area contributed by atoms with Crippen LogP contribution in [0.4, 0.5) is 0 Å². The van der Waals surface area contributed by atoms with Gasteiger partial charge in [0.05, 0.1) is 18.6 Å². The number of carbonyl (C=O) groups is 2. The molecule has 1 spiro atoms. The maximum Gasteiger partial charge on any atom is 0.339 e. The smallest absolute Gasteiger partial charge is 0.339 e.